The molecule has 21 heavy (non-hydrogen) atoms. The molecule has 1 N–H and O–H groups in total. The highest BCUT2D eigenvalue weighted by molar-refractivity contribution is 5.40. The Morgan fingerprint density at radius 2 is 1.67 bits per heavy atom. The Labute approximate surface area is 125 Å². The highest BCUT2D eigenvalue weighted by Crippen LogP contribution is 2.29. The molecule has 2 atom stereocenters. The Morgan fingerprint density at radius 3 is 2.43 bits per heavy atom. The summed E-state index contributed by atoms with van der Waals surface area (Å²) in [6.45, 7) is 5.03. The monoisotopic (exact) mass is 285 g/mol. The number of fused-ring (bicyclic) bond motifs is 1. The molecule has 2 nitrogen and oxygen atoms in total. The third-order valence-corrected chi connectivity index (χ3v) is 4.08. The summed E-state index contributed by atoms with van der Waals surface area (Å²) >= 11 is 0. The van der Waals surface area contributed by atoms with Crippen molar-refractivity contribution in [3.05, 3.63) is 65.0 Å². The molecule has 0 saturated heterocycles. The lowest BCUT2D eigenvalue weighted by atomic mass is 10.0. The van der Waals surface area contributed by atoms with Gasteiger partial charge in [0.05, 0.1) is 6.61 Å². The predicted molar refractivity (Wildman–Crippen MR) is 82.0 cm³/mol. The van der Waals surface area contributed by atoms with E-state index in [4.69, 9.17) is 4.74 Å². The summed E-state index contributed by atoms with van der Waals surface area (Å²) in [5.41, 5.74) is 3.64. The summed E-state index contributed by atoms with van der Waals surface area (Å²) in [6, 6.07) is 13.5. The number of rotatable bonds is 4. The van der Waals surface area contributed by atoms with Crippen LogP contribution in [0.3, 0.4) is 0 Å². The van der Waals surface area contributed by atoms with Gasteiger partial charge in [-0.2, -0.15) is 0 Å². The van der Waals surface area contributed by atoms with Gasteiger partial charge in [0.25, 0.3) is 0 Å². The van der Waals surface area contributed by atoms with Crippen molar-refractivity contribution in [3.8, 4) is 5.75 Å². The summed E-state index contributed by atoms with van der Waals surface area (Å²) in [4.78, 5) is 0. The first kappa shape index (κ1) is 14.1. The van der Waals surface area contributed by atoms with Crippen molar-refractivity contribution < 1.29 is 9.13 Å². The quantitative estimate of drug-likeness (QED) is 0.910. The van der Waals surface area contributed by atoms with Crippen molar-refractivity contribution in [2.75, 3.05) is 6.61 Å². The maximum atomic E-state index is 13.0. The van der Waals surface area contributed by atoms with E-state index in [1.54, 1.807) is 0 Å². The maximum absolute atomic E-state index is 13.0. The van der Waals surface area contributed by atoms with E-state index in [0.29, 0.717) is 0 Å². The van der Waals surface area contributed by atoms with E-state index < -0.39 is 0 Å². The molecule has 0 amide bonds. The molecule has 0 bridgehead atoms. The van der Waals surface area contributed by atoms with E-state index in [-0.39, 0.29) is 17.9 Å². The van der Waals surface area contributed by atoms with Crippen LogP contribution in [0.25, 0.3) is 0 Å². The van der Waals surface area contributed by atoms with Crippen LogP contribution in [-0.4, -0.2) is 6.61 Å². The lowest BCUT2D eigenvalue weighted by Crippen LogP contribution is -2.22. The minimum atomic E-state index is -0.197. The minimum Gasteiger partial charge on any atom is -0.493 e. The second-order valence-electron chi connectivity index (χ2n) is 5.63. The fraction of sp³-hybridized carbons (Fsp3) is 0.333. The largest absolute Gasteiger partial charge is 0.493 e. The Hall–Kier alpha value is -1.87. The molecule has 1 heterocycles. The molecule has 0 fully saturated rings. The summed E-state index contributed by atoms with van der Waals surface area (Å²) in [5.74, 6) is 0.815. The number of halogens is 1. The summed E-state index contributed by atoms with van der Waals surface area (Å²) in [5, 5.41) is 3.56. The van der Waals surface area contributed by atoms with Gasteiger partial charge < -0.3 is 10.1 Å². The second-order valence-corrected chi connectivity index (χ2v) is 5.63. The van der Waals surface area contributed by atoms with E-state index in [0.717, 1.165) is 24.3 Å². The fourth-order valence-corrected chi connectivity index (χ4v) is 2.79. The van der Waals surface area contributed by atoms with Crippen LogP contribution in [0.1, 0.15) is 42.6 Å². The van der Waals surface area contributed by atoms with Crippen LogP contribution in [-0.2, 0) is 6.42 Å². The lowest BCUT2D eigenvalue weighted by Gasteiger charge is -2.21. The van der Waals surface area contributed by atoms with Gasteiger partial charge in [0.2, 0.25) is 0 Å². The van der Waals surface area contributed by atoms with Gasteiger partial charge in [0, 0.05) is 18.5 Å². The van der Waals surface area contributed by atoms with Crippen LogP contribution in [0.5, 0.6) is 5.75 Å². The van der Waals surface area contributed by atoms with Crippen LogP contribution in [0.2, 0.25) is 0 Å². The van der Waals surface area contributed by atoms with Crippen molar-refractivity contribution in [2.24, 2.45) is 0 Å². The van der Waals surface area contributed by atoms with Crippen molar-refractivity contribution in [1.82, 2.24) is 5.32 Å². The zero-order valence-corrected chi connectivity index (χ0v) is 12.4. The van der Waals surface area contributed by atoms with Gasteiger partial charge in [-0.1, -0.05) is 24.3 Å². The molecule has 3 heteroatoms. The normalized spacial score (nSPS) is 16.1. The Kier molecular flexibility index (Phi) is 3.93. The molecular formula is C18H20FNO. The SMILES string of the molecule is CC(NC(C)c1ccc2c(c1)CCO2)c1ccc(F)cc1. The molecule has 0 radical (unpaired) electrons. The smallest absolute Gasteiger partial charge is 0.123 e. The van der Waals surface area contributed by atoms with Gasteiger partial charge in [-0.25, -0.2) is 4.39 Å². The number of nitrogens with one attached hydrogen (secondary N) is 1. The minimum absolute atomic E-state index is 0.171. The second kappa shape index (κ2) is 5.86. The van der Waals surface area contributed by atoms with Gasteiger partial charge in [0.15, 0.2) is 0 Å². The average Bonchev–Trinajstić information content (AvgIpc) is 2.95. The van der Waals surface area contributed by atoms with Crippen molar-refractivity contribution in [1.29, 1.82) is 0 Å². The molecule has 0 aromatic heterocycles. The van der Waals surface area contributed by atoms with E-state index in [1.807, 2.05) is 12.1 Å². The standard InChI is InChI=1S/C18H20FNO/c1-12(14-3-6-17(19)7-4-14)20-13(2)15-5-8-18-16(11-15)9-10-21-18/h3-8,11-13,20H,9-10H2,1-2H3. The van der Waals surface area contributed by atoms with Gasteiger partial charge in [0.1, 0.15) is 11.6 Å². The zero-order chi connectivity index (χ0) is 14.8. The molecule has 0 aliphatic carbocycles. The van der Waals surface area contributed by atoms with E-state index in [9.17, 15) is 4.39 Å². The fourth-order valence-electron chi connectivity index (χ4n) is 2.79. The molecule has 0 spiro atoms. The van der Waals surface area contributed by atoms with Crippen LogP contribution in [0, 0.1) is 5.82 Å². The van der Waals surface area contributed by atoms with Gasteiger partial charge in [-0.3, -0.25) is 0 Å². The molecule has 2 aromatic carbocycles. The average molecular weight is 285 g/mol. The Morgan fingerprint density at radius 1 is 1.00 bits per heavy atom. The van der Waals surface area contributed by atoms with Gasteiger partial charge >= 0.3 is 0 Å². The predicted octanol–water partition coefficient (Wildman–Crippen LogP) is 4.17. The Bertz CT molecular complexity index is 624. The lowest BCUT2D eigenvalue weighted by molar-refractivity contribution is 0.356. The summed E-state index contributed by atoms with van der Waals surface area (Å²) < 4.78 is 18.5. The van der Waals surface area contributed by atoms with Crippen molar-refractivity contribution in [3.63, 3.8) is 0 Å². The molecule has 1 aliphatic rings. The van der Waals surface area contributed by atoms with E-state index in [2.05, 4.69) is 37.4 Å². The van der Waals surface area contributed by atoms with Crippen LogP contribution in [0.4, 0.5) is 4.39 Å². The molecule has 0 saturated carbocycles. The summed E-state index contributed by atoms with van der Waals surface area (Å²) in [6.07, 6.45) is 0.989. The zero-order valence-electron chi connectivity index (χ0n) is 12.4. The molecule has 2 unspecified atom stereocenters. The van der Waals surface area contributed by atoms with Crippen molar-refractivity contribution in [2.45, 2.75) is 32.4 Å². The van der Waals surface area contributed by atoms with E-state index >= 15 is 0 Å². The topological polar surface area (TPSA) is 21.3 Å². The highest BCUT2D eigenvalue weighted by Gasteiger charge is 2.16. The first-order valence-electron chi connectivity index (χ1n) is 7.40. The maximum Gasteiger partial charge on any atom is 0.123 e. The number of benzene rings is 2. The molecule has 110 valence electrons. The number of hydrogen-bond acceptors (Lipinski definition) is 2. The van der Waals surface area contributed by atoms with Crippen LogP contribution in [0.15, 0.2) is 42.5 Å². The van der Waals surface area contributed by atoms with E-state index in [1.165, 1.54) is 23.3 Å². The number of hydrogen-bond donors (Lipinski definition) is 1. The molecule has 3 rings (SSSR count). The first-order valence-corrected chi connectivity index (χ1v) is 7.40. The molecule has 2 aromatic rings. The molecule has 1 aliphatic heterocycles. The van der Waals surface area contributed by atoms with Gasteiger partial charge in [-0.15, -0.1) is 0 Å². The van der Waals surface area contributed by atoms with Crippen molar-refractivity contribution >= 4 is 0 Å². The number of ether oxygens (including phenoxy) is 1. The highest BCUT2D eigenvalue weighted by atomic mass is 19.1. The third kappa shape index (κ3) is 3.08. The molecular weight excluding hydrogens is 265 g/mol. The first-order chi connectivity index (χ1) is 10.1. The Balaban J connectivity index is 1.70. The van der Waals surface area contributed by atoms with Crippen LogP contribution >= 0.6 is 0 Å². The summed E-state index contributed by atoms with van der Waals surface area (Å²) in [7, 11) is 0. The van der Waals surface area contributed by atoms with Gasteiger partial charge in [-0.05, 0) is 48.7 Å². The third-order valence-electron chi connectivity index (χ3n) is 4.08. The van der Waals surface area contributed by atoms with Crippen LogP contribution < -0.4 is 10.1 Å².